The lowest BCUT2D eigenvalue weighted by Crippen LogP contribution is -2.43. The molecule has 2 aromatic rings. The first-order valence-electron chi connectivity index (χ1n) is 5.88. The summed E-state index contributed by atoms with van der Waals surface area (Å²) < 4.78 is 1.68. The second-order valence-electron chi connectivity index (χ2n) is 4.06. The third kappa shape index (κ3) is 3.35. The molecule has 4 heteroatoms. The van der Waals surface area contributed by atoms with Crippen LogP contribution in [-0.2, 0) is 6.54 Å². The van der Waals surface area contributed by atoms with Crippen LogP contribution in [0.5, 0.6) is 0 Å². The largest absolute Gasteiger partial charge is 0.287 e. The Balaban J connectivity index is 2.25. The van der Waals surface area contributed by atoms with Crippen molar-refractivity contribution in [3.63, 3.8) is 0 Å². The van der Waals surface area contributed by atoms with Gasteiger partial charge in [-0.3, -0.25) is 9.59 Å². The lowest BCUT2D eigenvalue weighted by Gasteiger charge is -2.01. The van der Waals surface area contributed by atoms with Crippen LogP contribution in [0.15, 0.2) is 54.7 Å². The van der Waals surface area contributed by atoms with Crippen molar-refractivity contribution in [1.82, 2.24) is 0 Å². The highest BCUT2D eigenvalue weighted by Gasteiger charge is 2.20. The van der Waals surface area contributed by atoms with Crippen molar-refractivity contribution in [1.29, 1.82) is 0 Å². The summed E-state index contributed by atoms with van der Waals surface area (Å²) >= 11 is 3.15. The van der Waals surface area contributed by atoms with E-state index >= 15 is 0 Å². The third-order valence-corrected chi connectivity index (χ3v) is 3.27. The van der Waals surface area contributed by atoms with Crippen LogP contribution in [0, 0.1) is 0 Å². The van der Waals surface area contributed by atoms with Crippen LogP contribution in [0.25, 0.3) is 0 Å². The molecule has 0 atom stereocenters. The van der Waals surface area contributed by atoms with E-state index in [1.54, 1.807) is 35.0 Å². The van der Waals surface area contributed by atoms with Crippen LogP contribution in [-0.4, -0.2) is 16.9 Å². The number of pyridine rings is 1. The lowest BCUT2D eigenvalue weighted by atomic mass is 10.1. The molecular formula is C15H13BrNO2+. The second-order valence-corrected chi connectivity index (χ2v) is 4.62. The van der Waals surface area contributed by atoms with E-state index in [-0.39, 0.29) is 23.4 Å². The summed E-state index contributed by atoms with van der Waals surface area (Å²) in [5.74, 6) is -0.0538. The van der Waals surface area contributed by atoms with Gasteiger partial charge in [-0.05, 0) is 6.07 Å². The van der Waals surface area contributed by atoms with Crippen LogP contribution < -0.4 is 4.57 Å². The summed E-state index contributed by atoms with van der Waals surface area (Å²) in [4.78, 5) is 23.9. The fourth-order valence-electron chi connectivity index (χ4n) is 1.81. The SMILES string of the molecule is O=C(C[n+]1ccccc1C(=O)CBr)c1ccccc1. The number of carbonyl (C=O) groups is 2. The Kier molecular flexibility index (Phi) is 4.58. The first-order chi connectivity index (χ1) is 9.22. The number of nitrogens with zero attached hydrogens (tertiary/aromatic N) is 1. The Morgan fingerprint density at radius 2 is 1.63 bits per heavy atom. The Morgan fingerprint density at radius 1 is 0.947 bits per heavy atom. The Labute approximate surface area is 120 Å². The molecule has 0 aliphatic heterocycles. The van der Waals surface area contributed by atoms with Crippen molar-refractivity contribution < 1.29 is 14.2 Å². The Hall–Kier alpha value is -1.81. The maximum Gasteiger partial charge on any atom is 0.249 e. The average molecular weight is 319 g/mol. The van der Waals surface area contributed by atoms with E-state index in [0.29, 0.717) is 11.3 Å². The molecule has 0 aliphatic carbocycles. The normalized spacial score (nSPS) is 10.2. The van der Waals surface area contributed by atoms with Gasteiger partial charge >= 0.3 is 0 Å². The van der Waals surface area contributed by atoms with Crippen LogP contribution in [0.3, 0.4) is 0 Å². The maximum absolute atomic E-state index is 12.1. The molecule has 0 amide bonds. The van der Waals surface area contributed by atoms with Gasteiger partial charge in [0, 0.05) is 17.7 Å². The third-order valence-electron chi connectivity index (χ3n) is 2.76. The van der Waals surface area contributed by atoms with Gasteiger partial charge in [0.15, 0.2) is 6.20 Å². The molecule has 0 unspecified atom stereocenters. The molecular weight excluding hydrogens is 306 g/mol. The summed E-state index contributed by atoms with van der Waals surface area (Å²) in [5.41, 5.74) is 1.18. The molecule has 3 nitrogen and oxygen atoms in total. The minimum atomic E-state index is -0.0403. The number of hydrogen-bond donors (Lipinski definition) is 0. The number of halogens is 1. The van der Waals surface area contributed by atoms with Gasteiger partial charge in [0.25, 0.3) is 0 Å². The predicted octanol–water partition coefficient (Wildman–Crippen LogP) is 2.43. The number of hydrogen-bond acceptors (Lipinski definition) is 2. The molecule has 0 radical (unpaired) electrons. The van der Waals surface area contributed by atoms with Gasteiger partial charge in [-0.25, -0.2) is 0 Å². The highest BCUT2D eigenvalue weighted by atomic mass is 79.9. The number of ketones is 2. The predicted molar refractivity (Wildman–Crippen MR) is 75.5 cm³/mol. The molecule has 0 fully saturated rings. The standard InChI is InChI=1S/C15H13BrNO2/c16-10-14(18)13-8-4-5-9-17(13)11-15(19)12-6-2-1-3-7-12/h1-9H,10-11H2/q+1. The van der Waals surface area contributed by atoms with Crippen molar-refractivity contribution in [2.24, 2.45) is 0 Å². The van der Waals surface area contributed by atoms with E-state index in [2.05, 4.69) is 15.9 Å². The molecule has 19 heavy (non-hydrogen) atoms. The van der Waals surface area contributed by atoms with Crippen LogP contribution in [0.4, 0.5) is 0 Å². The van der Waals surface area contributed by atoms with Gasteiger partial charge in [0.2, 0.25) is 23.8 Å². The number of Topliss-reactive ketones (excluding diaryl/α,β-unsaturated/α-hetero) is 2. The minimum absolute atomic E-state index is 0.0135. The number of rotatable bonds is 5. The molecule has 0 bridgehead atoms. The first kappa shape index (κ1) is 13.6. The summed E-state index contributed by atoms with van der Waals surface area (Å²) in [6.45, 7) is 0.166. The van der Waals surface area contributed by atoms with Crippen molar-refractivity contribution in [3.05, 3.63) is 66.0 Å². The summed E-state index contributed by atoms with van der Waals surface area (Å²) in [6.07, 6.45) is 1.75. The Morgan fingerprint density at radius 3 is 2.32 bits per heavy atom. The molecule has 0 aliphatic rings. The molecule has 0 saturated heterocycles. The van der Waals surface area contributed by atoms with Crippen LogP contribution in [0.2, 0.25) is 0 Å². The molecule has 1 heterocycles. The smallest absolute Gasteiger partial charge is 0.249 e. The van der Waals surface area contributed by atoms with E-state index in [1.165, 1.54) is 0 Å². The van der Waals surface area contributed by atoms with Crippen molar-refractivity contribution in [2.45, 2.75) is 6.54 Å². The average Bonchev–Trinajstić information content (AvgIpc) is 2.48. The number of alkyl halides is 1. The zero-order valence-electron chi connectivity index (χ0n) is 10.3. The zero-order chi connectivity index (χ0) is 13.7. The van der Waals surface area contributed by atoms with Crippen molar-refractivity contribution >= 4 is 27.5 Å². The first-order valence-corrected chi connectivity index (χ1v) is 7.00. The molecule has 2 rings (SSSR count). The van der Waals surface area contributed by atoms with Crippen molar-refractivity contribution in [2.75, 3.05) is 5.33 Å². The van der Waals surface area contributed by atoms with E-state index in [1.807, 2.05) is 24.3 Å². The highest BCUT2D eigenvalue weighted by Crippen LogP contribution is 2.02. The molecule has 96 valence electrons. The van der Waals surface area contributed by atoms with Gasteiger partial charge in [0.05, 0.1) is 5.33 Å². The summed E-state index contributed by atoms with van der Waals surface area (Å²) in [7, 11) is 0. The lowest BCUT2D eigenvalue weighted by molar-refractivity contribution is -0.685. The number of benzene rings is 1. The number of aromatic nitrogens is 1. The Bertz CT molecular complexity index is 596. The fourth-order valence-corrected chi connectivity index (χ4v) is 2.09. The van der Waals surface area contributed by atoms with Gasteiger partial charge in [-0.15, -0.1) is 0 Å². The quantitative estimate of drug-likeness (QED) is 0.482. The molecule has 1 aromatic heterocycles. The molecule has 0 spiro atoms. The van der Waals surface area contributed by atoms with Crippen LogP contribution in [0.1, 0.15) is 20.8 Å². The fraction of sp³-hybridized carbons (Fsp3) is 0.133. The van der Waals surface area contributed by atoms with Crippen LogP contribution >= 0.6 is 15.9 Å². The molecule has 0 saturated carbocycles. The van der Waals surface area contributed by atoms with Gasteiger partial charge < -0.3 is 0 Å². The van der Waals surface area contributed by atoms with E-state index in [9.17, 15) is 9.59 Å². The molecule has 0 N–H and O–H groups in total. The summed E-state index contributed by atoms with van der Waals surface area (Å²) in [5, 5.41) is 0.247. The minimum Gasteiger partial charge on any atom is -0.287 e. The van der Waals surface area contributed by atoms with Gasteiger partial charge in [-0.2, -0.15) is 4.57 Å². The summed E-state index contributed by atoms with van der Waals surface area (Å²) in [6, 6.07) is 14.4. The van der Waals surface area contributed by atoms with Crippen molar-refractivity contribution in [3.8, 4) is 0 Å². The number of carbonyl (C=O) groups excluding carboxylic acids is 2. The zero-order valence-corrected chi connectivity index (χ0v) is 11.8. The van der Waals surface area contributed by atoms with E-state index in [0.717, 1.165) is 0 Å². The van der Waals surface area contributed by atoms with E-state index < -0.39 is 0 Å². The van der Waals surface area contributed by atoms with Gasteiger partial charge in [-0.1, -0.05) is 46.3 Å². The molecule has 1 aromatic carbocycles. The maximum atomic E-state index is 12.1. The van der Waals surface area contributed by atoms with E-state index in [4.69, 9.17) is 0 Å². The second kappa shape index (κ2) is 6.38. The van der Waals surface area contributed by atoms with Gasteiger partial charge in [0.1, 0.15) is 0 Å². The topological polar surface area (TPSA) is 38.0 Å². The monoisotopic (exact) mass is 318 g/mol. The highest BCUT2D eigenvalue weighted by molar-refractivity contribution is 9.09.